The van der Waals surface area contributed by atoms with Crippen LogP contribution in [0.1, 0.15) is 25.8 Å². The molecule has 0 unspecified atom stereocenters. The van der Waals surface area contributed by atoms with Gasteiger partial charge < -0.3 is 15.0 Å². The van der Waals surface area contributed by atoms with Crippen LogP contribution in [0.15, 0.2) is 24.3 Å². The molecule has 1 saturated heterocycles. The minimum absolute atomic E-state index is 0.0912. The Labute approximate surface area is 153 Å². The topological polar surface area (TPSA) is 91.0 Å². The van der Waals surface area contributed by atoms with Crippen LogP contribution >= 0.6 is 0 Å². The van der Waals surface area contributed by atoms with Gasteiger partial charge in [-0.2, -0.15) is 0 Å². The fourth-order valence-corrected chi connectivity index (χ4v) is 2.82. The molecular weight excluding hydrogens is 336 g/mol. The number of nitrogens with one attached hydrogen (secondary N) is 2. The van der Waals surface area contributed by atoms with Crippen molar-refractivity contribution in [2.24, 2.45) is 0 Å². The first kappa shape index (κ1) is 19.7. The van der Waals surface area contributed by atoms with Gasteiger partial charge in [-0.15, -0.1) is 0 Å². The largest absolute Gasteiger partial charge is 0.450 e. The lowest BCUT2D eigenvalue weighted by Gasteiger charge is -2.22. The predicted octanol–water partition coefficient (Wildman–Crippen LogP) is 2.02. The first-order chi connectivity index (χ1) is 12.5. The first-order valence-corrected chi connectivity index (χ1v) is 8.79. The van der Waals surface area contributed by atoms with Gasteiger partial charge in [-0.3, -0.25) is 9.69 Å². The molecule has 2 N–H and O–H groups in total. The van der Waals surface area contributed by atoms with Crippen LogP contribution in [0.2, 0.25) is 0 Å². The van der Waals surface area contributed by atoms with E-state index in [1.54, 1.807) is 11.8 Å². The van der Waals surface area contributed by atoms with Crippen LogP contribution in [0.4, 0.5) is 15.3 Å². The zero-order chi connectivity index (χ0) is 18.9. The van der Waals surface area contributed by atoms with E-state index >= 15 is 0 Å². The summed E-state index contributed by atoms with van der Waals surface area (Å²) in [4.78, 5) is 38.4. The second-order valence-electron chi connectivity index (χ2n) is 6.15. The monoisotopic (exact) mass is 362 g/mol. The Balaban J connectivity index is 1.83. The minimum Gasteiger partial charge on any atom is -0.450 e. The minimum atomic E-state index is -0.710. The van der Waals surface area contributed by atoms with E-state index in [4.69, 9.17) is 4.74 Å². The summed E-state index contributed by atoms with van der Waals surface area (Å²) in [7, 11) is 0. The first-order valence-electron chi connectivity index (χ1n) is 8.79. The molecule has 1 aromatic rings. The highest BCUT2D eigenvalue weighted by Crippen LogP contribution is 2.13. The highest BCUT2D eigenvalue weighted by Gasteiger charge is 2.21. The number of hydrogen-bond donors (Lipinski definition) is 2. The number of benzene rings is 1. The molecule has 1 heterocycles. The number of urea groups is 1. The van der Waals surface area contributed by atoms with Crippen molar-refractivity contribution in [1.29, 1.82) is 0 Å². The van der Waals surface area contributed by atoms with Crippen molar-refractivity contribution in [1.82, 2.24) is 15.1 Å². The van der Waals surface area contributed by atoms with E-state index in [0.717, 1.165) is 37.3 Å². The van der Waals surface area contributed by atoms with Gasteiger partial charge in [0.25, 0.3) is 0 Å². The summed E-state index contributed by atoms with van der Waals surface area (Å²) in [5.74, 6) is -0.0912. The van der Waals surface area contributed by atoms with Crippen molar-refractivity contribution in [3.8, 4) is 0 Å². The molecule has 4 amide bonds. The van der Waals surface area contributed by atoms with Crippen molar-refractivity contribution >= 4 is 23.7 Å². The fraction of sp³-hybridized carbons (Fsp3) is 0.500. The fourth-order valence-electron chi connectivity index (χ4n) is 2.82. The summed E-state index contributed by atoms with van der Waals surface area (Å²) in [6.07, 6.45) is 0.123. The highest BCUT2D eigenvalue weighted by molar-refractivity contribution is 5.90. The third-order valence-electron chi connectivity index (χ3n) is 4.04. The van der Waals surface area contributed by atoms with Crippen LogP contribution < -0.4 is 10.6 Å². The molecule has 1 aromatic carbocycles. The average molecular weight is 362 g/mol. The Hall–Kier alpha value is -2.61. The van der Waals surface area contributed by atoms with Crippen molar-refractivity contribution in [3.63, 3.8) is 0 Å². The summed E-state index contributed by atoms with van der Waals surface area (Å²) >= 11 is 0. The van der Waals surface area contributed by atoms with Gasteiger partial charge in [0.1, 0.15) is 0 Å². The van der Waals surface area contributed by atoms with Gasteiger partial charge in [0.05, 0.1) is 6.61 Å². The Kier molecular flexibility index (Phi) is 7.40. The molecule has 0 bridgehead atoms. The number of hydrogen-bond acceptors (Lipinski definition) is 5. The molecule has 1 aliphatic heterocycles. The molecule has 2 rings (SSSR count). The van der Waals surface area contributed by atoms with Crippen LogP contribution in [0.3, 0.4) is 0 Å². The van der Waals surface area contributed by atoms with Gasteiger partial charge in [0, 0.05) is 45.3 Å². The molecule has 0 spiro atoms. The lowest BCUT2D eigenvalue weighted by molar-refractivity contribution is -0.114. The van der Waals surface area contributed by atoms with Crippen molar-refractivity contribution in [2.45, 2.75) is 26.8 Å². The molecule has 1 fully saturated rings. The zero-order valence-corrected chi connectivity index (χ0v) is 15.3. The van der Waals surface area contributed by atoms with Crippen molar-refractivity contribution < 1.29 is 19.1 Å². The molecule has 8 nitrogen and oxygen atoms in total. The normalized spacial score (nSPS) is 15.1. The van der Waals surface area contributed by atoms with Crippen molar-refractivity contribution in [2.75, 3.05) is 38.1 Å². The maximum atomic E-state index is 12.1. The van der Waals surface area contributed by atoms with E-state index in [1.165, 1.54) is 6.92 Å². The Morgan fingerprint density at radius 2 is 1.81 bits per heavy atom. The molecule has 0 radical (unpaired) electrons. The average Bonchev–Trinajstić information content (AvgIpc) is 2.82. The summed E-state index contributed by atoms with van der Waals surface area (Å²) in [6.45, 7) is 6.92. The molecule has 0 saturated carbocycles. The van der Waals surface area contributed by atoms with Gasteiger partial charge in [-0.25, -0.2) is 14.9 Å². The maximum Gasteiger partial charge on any atom is 0.415 e. The number of carbonyl (C=O) groups excluding carboxylic acids is 3. The summed E-state index contributed by atoms with van der Waals surface area (Å²) in [5, 5.41) is 4.98. The van der Waals surface area contributed by atoms with Gasteiger partial charge >= 0.3 is 12.1 Å². The Morgan fingerprint density at radius 1 is 1.08 bits per heavy atom. The number of ether oxygens (including phenoxy) is 1. The number of amides is 4. The molecular formula is C18H26N4O4. The molecule has 1 aliphatic rings. The lowest BCUT2D eigenvalue weighted by atomic mass is 10.2. The van der Waals surface area contributed by atoms with E-state index in [9.17, 15) is 14.4 Å². The van der Waals surface area contributed by atoms with Crippen LogP contribution in [0.25, 0.3) is 0 Å². The number of imide groups is 1. The van der Waals surface area contributed by atoms with E-state index in [0.29, 0.717) is 13.1 Å². The van der Waals surface area contributed by atoms with E-state index in [1.807, 2.05) is 24.3 Å². The van der Waals surface area contributed by atoms with E-state index in [-0.39, 0.29) is 12.5 Å². The molecule has 0 aliphatic carbocycles. The standard InChI is InChI=1S/C18H26N4O4/c1-3-26-18(25)20-17(24)22-10-4-9-21(11-12-22)13-15-5-7-16(8-6-15)19-14(2)23/h5-8H,3-4,9-13H2,1-2H3,(H,19,23)(H,20,24,25). The van der Waals surface area contributed by atoms with Crippen LogP contribution in [0.5, 0.6) is 0 Å². The Bertz CT molecular complexity index is 633. The van der Waals surface area contributed by atoms with E-state index < -0.39 is 12.1 Å². The molecule has 8 heteroatoms. The van der Waals surface area contributed by atoms with Crippen LogP contribution in [-0.2, 0) is 16.1 Å². The number of carbonyl (C=O) groups is 3. The SMILES string of the molecule is CCOC(=O)NC(=O)N1CCCN(Cc2ccc(NC(C)=O)cc2)CC1. The van der Waals surface area contributed by atoms with Crippen LogP contribution in [0, 0.1) is 0 Å². The van der Waals surface area contributed by atoms with Gasteiger partial charge in [0.2, 0.25) is 5.91 Å². The number of rotatable bonds is 4. The maximum absolute atomic E-state index is 12.1. The Morgan fingerprint density at radius 3 is 2.46 bits per heavy atom. The number of alkyl carbamates (subject to hydrolysis) is 1. The second-order valence-corrected chi connectivity index (χ2v) is 6.15. The molecule has 0 aromatic heterocycles. The van der Waals surface area contributed by atoms with Gasteiger partial charge in [-0.1, -0.05) is 12.1 Å². The van der Waals surface area contributed by atoms with Gasteiger partial charge in [0.15, 0.2) is 0 Å². The van der Waals surface area contributed by atoms with Gasteiger partial charge in [-0.05, 0) is 31.0 Å². The highest BCUT2D eigenvalue weighted by atomic mass is 16.5. The third kappa shape index (κ3) is 6.36. The number of nitrogens with zero attached hydrogens (tertiary/aromatic N) is 2. The lowest BCUT2D eigenvalue weighted by Crippen LogP contribution is -2.44. The smallest absolute Gasteiger partial charge is 0.415 e. The summed E-state index contributed by atoms with van der Waals surface area (Å²) < 4.78 is 4.73. The molecule has 26 heavy (non-hydrogen) atoms. The van der Waals surface area contributed by atoms with Crippen molar-refractivity contribution in [3.05, 3.63) is 29.8 Å². The predicted molar refractivity (Wildman–Crippen MR) is 97.8 cm³/mol. The molecule has 0 atom stereocenters. The quantitative estimate of drug-likeness (QED) is 0.855. The van der Waals surface area contributed by atoms with E-state index in [2.05, 4.69) is 15.5 Å². The third-order valence-corrected chi connectivity index (χ3v) is 4.04. The second kappa shape index (κ2) is 9.76. The summed E-state index contributed by atoms with van der Waals surface area (Å²) in [6, 6.07) is 7.33. The number of anilines is 1. The van der Waals surface area contributed by atoms with Crippen LogP contribution in [-0.4, -0.2) is 60.6 Å². The molecule has 142 valence electrons. The summed E-state index contributed by atoms with van der Waals surface area (Å²) in [5.41, 5.74) is 1.92. The zero-order valence-electron chi connectivity index (χ0n) is 15.3.